The molecule has 2 rings (SSSR count). The number of hydrogen-bond donors (Lipinski definition) is 1. The molecule has 0 saturated carbocycles. The zero-order chi connectivity index (χ0) is 20.2. The Balaban J connectivity index is 2.02. The molecule has 7 nitrogen and oxygen atoms in total. The lowest BCUT2D eigenvalue weighted by Crippen LogP contribution is -2.30. The number of rotatable bonds is 7. The van der Waals surface area contributed by atoms with Gasteiger partial charge < -0.3 is 10.1 Å². The van der Waals surface area contributed by atoms with Crippen molar-refractivity contribution in [3.8, 4) is 5.75 Å². The SMILES string of the molecule is CC(=O)c1cccc(NC(=O)[C@@H](C)Oc2ccc(N(C)S(C)(=O)=O)cc2)c1. The number of anilines is 2. The standard InChI is InChI=1S/C19H22N2O5S/c1-13(22)15-6-5-7-16(12-15)20-19(23)14(2)26-18-10-8-17(9-11-18)21(3)27(4,24)25/h5-12,14H,1-4H3,(H,20,23)/t14-/m1/s1. The number of Topliss-reactive ketones (excluding diaryl/α,β-unsaturated/α-hetero) is 1. The van der Waals surface area contributed by atoms with Crippen molar-refractivity contribution in [2.45, 2.75) is 20.0 Å². The maximum Gasteiger partial charge on any atom is 0.265 e. The van der Waals surface area contributed by atoms with Crippen LogP contribution in [0.3, 0.4) is 0 Å². The molecule has 144 valence electrons. The minimum Gasteiger partial charge on any atom is -0.481 e. The van der Waals surface area contributed by atoms with E-state index in [0.717, 1.165) is 10.6 Å². The zero-order valence-electron chi connectivity index (χ0n) is 15.6. The topological polar surface area (TPSA) is 92.8 Å². The molecule has 0 unspecified atom stereocenters. The molecule has 0 aromatic heterocycles. The predicted molar refractivity (Wildman–Crippen MR) is 105 cm³/mol. The summed E-state index contributed by atoms with van der Waals surface area (Å²) in [7, 11) is -1.89. The number of ketones is 1. The molecule has 0 aliphatic rings. The van der Waals surface area contributed by atoms with Gasteiger partial charge in [0.15, 0.2) is 11.9 Å². The first kappa shape index (κ1) is 20.4. The van der Waals surface area contributed by atoms with Gasteiger partial charge in [0.05, 0.1) is 11.9 Å². The summed E-state index contributed by atoms with van der Waals surface area (Å²) in [5.41, 5.74) is 1.50. The molecular weight excluding hydrogens is 368 g/mol. The number of carbonyl (C=O) groups excluding carboxylic acids is 2. The first-order chi connectivity index (χ1) is 12.6. The van der Waals surface area contributed by atoms with Crippen LogP contribution in [0.25, 0.3) is 0 Å². The monoisotopic (exact) mass is 390 g/mol. The summed E-state index contributed by atoms with van der Waals surface area (Å²) >= 11 is 0. The van der Waals surface area contributed by atoms with Gasteiger partial charge in [0.1, 0.15) is 5.75 Å². The molecule has 1 atom stereocenters. The van der Waals surface area contributed by atoms with Crippen LogP contribution in [0.5, 0.6) is 5.75 Å². The van der Waals surface area contributed by atoms with Crippen LogP contribution < -0.4 is 14.4 Å². The number of nitrogens with one attached hydrogen (secondary N) is 1. The second-order valence-corrected chi connectivity index (χ2v) is 8.12. The second-order valence-electron chi connectivity index (χ2n) is 6.11. The molecule has 27 heavy (non-hydrogen) atoms. The Labute approximate surface area is 159 Å². The van der Waals surface area contributed by atoms with E-state index in [-0.39, 0.29) is 11.7 Å². The fourth-order valence-electron chi connectivity index (χ4n) is 2.24. The quantitative estimate of drug-likeness (QED) is 0.734. The summed E-state index contributed by atoms with van der Waals surface area (Å²) in [6.07, 6.45) is 0.328. The maximum atomic E-state index is 12.3. The largest absolute Gasteiger partial charge is 0.481 e. The minimum absolute atomic E-state index is 0.0884. The molecule has 0 heterocycles. The normalized spacial score (nSPS) is 12.1. The summed E-state index contributed by atoms with van der Waals surface area (Å²) in [5, 5.41) is 2.70. The number of amides is 1. The highest BCUT2D eigenvalue weighted by Crippen LogP contribution is 2.21. The van der Waals surface area contributed by atoms with Crippen LogP contribution >= 0.6 is 0 Å². The van der Waals surface area contributed by atoms with Gasteiger partial charge in [-0.3, -0.25) is 13.9 Å². The van der Waals surface area contributed by atoms with Crippen molar-refractivity contribution in [1.29, 1.82) is 0 Å². The van der Waals surface area contributed by atoms with Gasteiger partial charge in [-0.05, 0) is 50.2 Å². The Kier molecular flexibility index (Phi) is 6.22. The van der Waals surface area contributed by atoms with Crippen LogP contribution in [0.1, 0.15) is 24.2 Å². The van der Waals surface area contributed by atoms with Crippen LogP contribution in [-0.4, -0.2) is 39.5 Å². The first-order valence-corrected chi connectivity index (χ1v) is 10.1. The van der Waals surface area contributed by atoms with E-state index in [1.807, 2.05) is 0 Å². The highest BCUT2D eigenvalue weighted by molar-refractivity contribution is 7.92. The number of ether oxygens (including phenoxy) is 1. The fraction of sp³-hybridized carbons (Fsp3) is 0.263. The zero-order valence-corrected chi connectivity index (χ0v) is 16.4. The summed E-state index contributed by atoms with van der Waals surface area (Å²) in [6, 6.07) is 13.0. The maximum absolute atomic E-state index is 12.3. The van der Waals surface area contributed by atoms with Crippen LogP contribution in [0.4, 0.5) is 11.4 Å². The van der Waals surface area contributed by atoms with E-state index in [0.29, 0.717) is 22.7 Å². The van der Waals surface area contributed by atoms with Crippen LogP contribution in [0, 0.1) is 0 Å². The van der Waals surface area contributed by atoms with E-state index in [4.69, 9.17) is 4.74 Å². The van der Waals surface area contributed by atoms with Crippen molar-refractivity contribution in [3.05, 3.63) is 54.1 Å². The number of benzene rings is 2. The smallest absolute Gasteiger partial charge is 0.265 e. The van der Waals surface area contributed by atoms with Crippen LogP contribution in [0.2, 0.25) is 0 Å². The number of carbonyl (C=O) groups is 2. The molecule has 8 heteroatoms. The summed E-state index contributed by atoms with van der Waals surface area (Å²) in [6.45, 7) is 3.05. The number of nitrogens with zero attached hydrogens (tertiary/aromatic N) is 1. The highest BCUT2D eigenvalue weighted by atomic mass is 32.2. The molecule has 1 amide bonds. The van der Waals surface area contributed by atoms with E-state index in [1.165, 1.54) is 14.0 Å². The third-order valence-corrected chi connectivity index (χ3v) is 5.12. The van der Waals surface area contributed by atoms with Crippen molar-refractivity contribution in [3.63, 3.8) is 0 Å². The third-order valence-electron chi connectivity index (χ3n) is 3.92. The van der Waals surface area contributed by atoms with Gasteiger partial charge in [-0.1, -0.05) is 12.1 Å². The van der Waals surface area contributed by atoms with Crippen molar-refractivity contribution in [2.24, 2.45) is 0 Å². The molecule has 0 aliphatic heterocycles. The van der Waals surface area contributed by atoms with Gasteiger partial charge in [0.25, 0.3) is 5.91 Å². The van der Waals surface area contributed by atoms with Crippen molar-refractivity contribution in [2.75, 3.05) is 22.9 Å². The van der Waals surface area contributed by atoms with Gasteiger partial charge in [-0.2, -0.15) is 0 Å². The fourth-order valence-corrected chi connectivity index (χ4v) is 2.75. The van der Waals surface area contributed by atoms with Crippen LogP contribution in [-0.2, 0) is 14.8 Å². The lowest BCUT2D eigenvalue weighted by molar-refractivity contribution is -0.122. The number of sulfonamides is 1. The summed E-state index contributed by atoms with van der Waals surface area (Å²) in [5.74, 6) is -0.0247. The molecule has 2 aromatic carbocycles. The Bertz CT molecular complexity index is 939. The van der Waals surface area contributed by atoms with Gasteiger partial charge in [-0.25, -0.2) is 8.42 Å². The molecule has 0 radical (unpaired) electrons. The minimum atomic E-state index is -3.35. The Morgan fingerprint density at radius 3 is 2.30 bits per heavy atom. The lowest BCUT2D eigenvalue weighted by Gasteiger charge is -2.18. The third kappa shape index (κ3) is 5.55. The Morgan fingerprint density at radius 2 is 1.74 bits per heavy atom. The predicted octanol–water partition coefficient (Wildman–Crippen LogP) is 2.69. The van der Waals surface area contributed by atoms with Gasteiger partial charge in [0.2, 0.25) is 10.0 Å². The molecule has 0 spiro atoms. The van der Waals surface area contributed by atoms with Crippen molar-refractivity contribution >= 4 is 33.1 Å². The summed E-state index contributed by atoms with van der Waals surface area (Å²) in [4.78, 5) is 23.7. The van der Waals surface area contributed by atoms with Crippen molar-refractivity contribution < 1.29 is 22.7 Å². The molecular formula is C19H22N2O5S. The second kappa shape index (κ2) is 8.22. The lowest BCUT2D eigenvalue weighted by atomic mass is 10.1. The average Bonchev–Trinajstić information content (AvgIpc) is 2.61. The van der Waals surface area contributed by atoms with E-state index < -0.39 is 16.1 Å². The van der Waals surface area contributed by atoms with E-state index >= 15 is 0 Å². The molecule has 0 fully saturated rings. The first-order valence-electron chi connectivity index (χ1n) is 8.20. The Morgan fingerprint density at radius 1 is 1.11 bits per heavy atom. The molecule has 2 aromatic rings. The molecule has 0 saturated heterocycles. The average molecular weight is 390 g/mol. The van der Waals surface area contributed by atoms with Gasteiger partial charge >= 0.3 is 0 Å². The highest BCUT2D eigenvalue weighted by Gasteiger charge is 2.16. The van der Waals surface area contributed by atoms with E-state index in [1.54, 1.807) is 55.5 Å². The molecule has 0 bridgehead atoms. The van der Waals surface area contributed by atoms with Gasteiger partial charge in [0, 0.05) is 18.3 Å². The van der Waals surface area contributed by atoms with E-state index in [9.17, 15) is 18.0 Å². The molecule has 0 aliphatic carbocycles. The van der Waals surface area contributed by atoms with Crippen LogP contribution in [0.15, 0.2) is 48.5 Å². The Hall–Kier alpha value is -2.87. The summed E-state index contributed by atoms with van der Waals surface area (Å²) < 4.78 is 29.8. The van der Waals surface area contributed by atoms with E-state index in [2.05, 4.69) is 5.32 Å². The van der Waals surface area contributed by atoms with Crippen molar-refractivity contribution in [1.82, 2.24) is 0 Å². The van der Waals surface area contributed by atoms with Gasteiger partial charge in [-0.15, -0.1) is 0 Å². The molecule has 1 N–H and O–H groups in total. The number of hydrogen-bond acceptors (Lipinski definition) is 5.